The van der Waals surface area contributed by atoms with Gasteiger partial charge < -0.3 is 19.7 Å². The normalized spacial score (nSPS) is 10.6. The van der Waals surface area contributed by atoms with E-state index in [1.165, 1.54) is 6.07 Å². The first kappa shape index (κ1) is 16.6. The number of carboxylic acid groups (broad SMARTS) is 1. The number of aryl methyl sites for hydroxylation is 1. The topological polar surface area (TPSA) is 76.0 Å². The van der Waals surface area contributed by atoms with Crippen LogP contribution in [0.4, 0.5) is 0 Å². The quantitative estimate of drug-likeness (QED) is 0.664. The molecule has 3 aromatic carbocycles. The van der Waals surface area contributed by atoms with Crippen LogP contribution in [-0.2, 0) is 0 Å². The lowest BCUT2D eigenvalue weighted by Crippen LogP contribution is -2.10. The summed E-state index contributed by atoms with van der Waals surface area (Å²) in [6.07, 6.45) is 0. The molecule has 0 unspecified atom stereocenters. The molecule has 2 N–H and O–H groups in total. The molecule has 0 heterocycles. The first-order valence-electron chi connectivity index (χ1n) is 7.86. The molecule has 0 aliphatic heterocycles. The van der Waals surface area contributed by atoms with Crippen molar-refractivity contribution in [2.45, 2.75) is 6.92 Å². The molecule has 25 heavy (non-hydrogen) atoms. The molecular formula is C20H18O5. The number of carbonyl (C=O) groups is 1. The molecule has 3 rings (SSSR count). The lowest BCUT2D eigenvalue weighted by atomic mass is 10.0. The second kappa shape index (κ2) is 7.13. The molecule has 0 aromatic heterocycles. The van der Waals surface area contributed by atoms with Crippen molar-refractivity contribution < 1.29 is 24.5 Å². The van der Waals surface area contributed by atoms with Crippen LogP contribution in [0, 0.1) is 6.92 Å². The molecule has 0 spiro atoms. The number of hydrogen-bond acceptors (Lipinski definition) is 4. The fourth-order valence-electron chi connectivity index (χ4n) is 2.55. The average Bonchev–Trinajstić information content (AvgIpc) is 2.61. The molecule has 0 atom stereocenters. The summed E-state index contributed by atoms with van der Waals surface area (Å²) in [7, 11) is 0. The van der Waals surface area contributed by atoms with Crippen molar-refractivity contribution in [2.75, 3.05) is 13.2 Å². The predicted molar refractivity (Wildman–Crippen MR) is 94.7 cm³/mol. The van der Waals surface area contributed by atoms with E-state index in [1.807, 2.05) is 31.2 Å². The van der Waals surface area contributed by atoms with Crippen molar-refractivity contribution in [3.05, 3.63) is 65.7 Å². The standard InChI is InChI=1S/C20H18O5/c1-13-6-8-14(9-7-13)24-10-11-25-18-12-17(20(22)23)19(21)16-5-3-2-4-15(16)18/h2-9,12,21H,10-11H2,1H3,(H,22,23). The largest absolute Gasteiger partial charge is 0.506 e. The number of hydrogen-bond donors (Lipinski definition) is 2. The number of ether oxygens (including phenoxy) is 2. The SMILES string of the molecule is Cc1ccc(OCCOc2cc(C(=O)O)c(O)c3ccccc23)cc1. The van der Waals surface area contributed by atoms with Gasteiger partial charge in [0.2, 0.25) is 0 Å². The van der Waals surface area contributed by atoms with Crippen LogP contribution in [0.5, 0.6) is 17.2 Å². The summed E-state index contributed by atoms with van der Waals surface area (Å²) in [5.74, 6) is -0.315. The first-order valence-corrected chi connectivity index (χ1v) is 7.86. The molecule has 0 aliphatic carbocycles. The van der Waals surface area contributed by atoms with Gasteiger partial charge in [0, 0.05) is 10.8 Å². The number of carboxylic acids is 1. The van der Waals surface area contributed by atoms with E-state index in [4.69, 9.17) is 9.47 Å². The molecule has 0 radical (unpaired) electrons. The van der Waals surface area contributed by atoms with Gasteiger partial charge in [-0.15, -0.1) is 0 Å². The Labute approximate surface area is 145 Å². The number of aromatic carboxylic acids is 1. The third-order valence-corrected chi connectivity index (χ3v) is 3.84. The fraction of sp³-hybridized carbons (Fsp3) is 0.150. The summed E-state index contributed by atoms with van der Waals surface area (Å²) >= 11 is 0. The lowest BCUT2D eigenvalue weighted by molar-refractivity contribution is 0.0693. The number of aromatic hydroxyl groups is 1. The molecule has 0 saturated carbocycles. The van der Waals surface area contributed by atoms with E-state index >= 15 is 0 Å². The minimum absolute atomic E-state index is 0.187. The fourth-order valence-corrected chi connectivity index (χ4v) is 2.55. The van der Waals surface area contributed by atoms with E-state index in [0.29, 0.717) is 23.1 Å². The zero-order valence-corrected chi connectivity index (χ0v) is 13.7. The zero-order chi connectivity index (χ0) is 17.8. The van der Waals surface area contributed by atoms with Crippen molar-refractivity contribution in [1.82, 2.24) is 0 Å². The number of benzene rings is 3. The molecule has 5 nitrogen and oxygen atoms in total. The van der Waals surface area contributed by atoms with Crippen molar-refractivity contribution in [3.8, 4) is 17.2 Å². The number of phenols is 1. The molecule has 0 aliphatic rings. The molecule has 0 saturated heterocycles. The highest BCUT2D eigenvalue weighted by molar-refractivity contribution is 6.03. The van der Waals surface area contributed by atoms with Crippen LogP contribution in [0.25, 0.3) is 10.8 Å². The Morgan fingerprint density at radius 3 is 2.28 bits per heavy atom. The van der Waals surface area contributed by atoms with Crippen LogP contribution in [0.3, 0.4) is 0 Å². The van der Waals surface area contributed by atoms with Gasteiger partial charge in [-0.05, 0) is 25.1 Å². The minimum Gasteiger partial charge on any atom is -0.506 e. The summed E-state index contributed by atoms with van der Waals surface area (Å²) in [4.78, 5) is 11.3. The Morgan fingerprint density at radius 1 is 0.960 bits per heavy atom. The van der Waals surface area contributed by atoms with Gasteiger partial charge in [-0.2, -0.15) is 0 Å². The summed E-state index contributed by atoms with van der Waals surface area (Å²) in [6.45, 7) is 2.57. The highest BCUT2D eigenvalue weighted by Crippen LogP contribution is 2.35. The van der Waals surface area contributed by atoms with Gasteiger partial charge in [0.1, 0.15) is 36.0 Å². The maximum Gasteiger partial charge on any atom is 0.339 e. The van der Waals surface area contributed by atoms with Crippen molar-refractivity contribution in [2.24, 2.45) is 0 Å². The molecule has 0 bridgehead atoms. The van der Waals surface area contributed by atoms with Gasteiger partial charge >= 0.3 is 5.97 Å². The molecular weight excluding hydrogens is 320 g/mol. The zero-order valence-electron chi connectivity index (χ0n) is 13.7. The minimum atomic E-state index is -1.20. The number of fused-ring (bicyclic) bond motifs is 1. The maximum atomic E-state index is 11.3. The highest BCUT2D eigenvalue weighted by atomic mass is 16.5. The van der Waals surface area contributed by atoms with Gasteiger partial charge in [-0.1, -0.05) is 42.0 Å². The van der Waals surface area contributed by atoms with Crippen LogP contribution >= 0.6 is 0 Å². The Hall–Kier alpha value is -3.21. The molecule has 5 heteroatoms. The first-order chi connectivity index (χ1) is 12.1. The Morgan fingerprint density at radius 2 is 1.60 bits per heavy atom. The monoisotopic (exact) mass is 338 g/mol. The van der Waals surface area contributed by atoms with Crippen LogP contribution < -0.4 is 9.47 Å². The van der Waals surface area contributed by atoms with E-state index in [1.54, 1.807) is 24.3 Å². The van der Waals surface area contributed by atoms with Crippen molar-refractivity contribution >= 4 is 16.7 Å². The lowest BCUT2D eigenvalue weighted by Gasteiger charge is -2.13. The Balaban J connectivity index is 1.75. The van der Waals surface area contributed by atoms with Crippen LogP contribution in [0.1, 0.15) is 15.9 Å². The third kappa shape index (κ3) is 3.66. The van der Waals surface area contributed by atoms with Crippen LogP contribution in [0.15, 0.2) is 54.6 Å². The Bertz CT molecular complexity index is 900. The number of rotatable bonds is 6. The Kier molecular flexibility index (Phi) is 4.75. The molecule has 0 amide bonds. The summed E-state index contributed by atoms with van der Waals surface area (Å²) < 4.78 is 11.3. The summed E-state index contributed by atoms with van der Waals surface area (Å²) in [5.41, 5.74) is 0.966. The smallest absolute Gasteiger partial charge is 0.339 e. The van der Waals surface area contributed by atoms with E-state index in [0.717, 1.165) is 11.3 Å². The van der Waals surface area contributed by atoms with Gasteiger partial charge in [0.05, 0.1) is 0 Å². The van der Waals surface area contributed by atoms with Crippen molar-refractivity contribution in [1.29, 1.82) is 0 Å². The van der Waals surface area contributed by atoms with Gasteiger partial charge in [0.15, 0.2) is 0 Å². The van der Waals surface area contributed by atoms with Gasteiger partial charge in [-0.3, -0.25) is 0 Å². The maximum absolute atomic E-state index is 11.3. The van der Waals surface area contributed by atoms with E-state index in [9.17, 15) is 15.0 Å². The molecule has 128 valence electrons. The van der Waals surface area contributed by atoms with E-state index in [-0.39, 0.29) is 17.9 Å². The summed E-state index contributed by atoms with van der Waals surface area (Å²) in [6, 6.07) is 16.0. The van der Waals surface area contributed by atoms with Gasteiger partial charge in [0.25, 0.3) is 0 Å². The second-order valence-electron chi connectivity index (χ2n) is 5.63. The van der Waals surface area contributed by atoms with E-state index < -0.39 is 5.97 Å². The third-order valence-electron chi connectivity index (χ3n) is 3.84. The predicted octanol–water partition coefficient (Wildman–Crippen LogP) is 4.01. The molecule has 0 fully saturated rings. The van der Waals surface area contributed by atoms with Gasteiger partial charge in [-0.25, -0.2) is 4.79 Å². The van der Waals surface area contributed by atoms with Crippen molar-refractivity contribution in [3.63, 3.8) is 0 Å². The van der Waals surface area contributed by atoms with E-state index in [2.05, 4.69) is 0 Å². The molecule has 3 aromatic rings. The summed E-state index contributed by atoms with van der Waals surface area (Å²) in [5, 5.41) is 20.5. The van der Waals surface area contributed by atoms with Crippen LogP contribution in [-0.4, -0.2) is 29.4 Å². The second-order valence-corrected chi connectivity index (χ2v) is 5.63. The average molecular weight is 338 g/mol. The van der Waals surface area contributed by atoms with Crippen LogP contribution in [0.2, 0.25) is 0 Å². The highest BCUT2D eigenvalue weighted by Gasteiger charge is 2.16.